The first-order chi connectivity index (χ1) is 5.66. The van der Waals surface area contributed by atoms with Crippen LogP contribution in [0.1, 0.15) is 40.0 Å². The third kappa shape index (κ3) is 7.80. The van der Waals surface area contributed by atoms with Gasteiger partial charge in [-0.3, -0.25) is 0 Å². The molecular formula is C11H23N. The molecule has 1 nitrogen and oxygen atoms in total. The molecule has 0 aliphatic heterocycles. The topological polar surface area (TPSA) is 12.0 Å². The normalized spacial score (nSPS) is 13.3. The predicted molar refractivity (Wildman–Crippen MR) is 56.4 cm³/mol. The zero-order valence-electron chi connectivity index (χ0n) is 8.77. The molecule has 1 heteroatoms. The number of hydrogen-bond acceptors (Lipinski definition) is 1. The first-order valence-corrected chi connectivity index (χ1v) is 5.01. The Morgan fingerprint density at radius 1 is 1.25 bits per heavy atom. The maximum absolute atomic E-state index is 3.69. The van der Waals surface area contributed by atoms with Crippen LogP contribution in [0.15, 0.2) is 12.7 Å². The number of nitrogens with one attached hydrogen (secondary N) is 1. The number of rotatable bonds is 7. The fraction of sp³-hybridized carbons (Fsp3) is 0.818. The Morgan fingerprint density at radius 3 is 2.42 bits per heavy atom. The lowest BCUT2D eigenvalue weighted by atomic mass is 10.0. The summed E-state index contributed by atoms with van der Waals surface area (Å²) in [6.45, 7) is 11.6. The van der Waals surface area contributed by atoms with Crippen LogP contribution in [-0.2, 0) is 0 Å². The lowest BCUT2D eigenvalue weighted by molar-refractivity contribution is 0.455. The third-order valence-corrected chi connectivity index (χ3v) is 2.02. The minimum Gasteiger partial charge on any atom is -0.314 e. The van der Waals surface area contributed by atoms with Gasteiger partial charge in [0.25, 0.3) is 0 Å². The minimum atomic E-state index is 0.660. The average molecular weight is 169 g/mol. The highest BCUT2D eigenvalue weighted by Gasteiger charge is 2.01. The maximum atomic E-state index is 3.69. The summed E-state index contributed by atoms with van der Waals surface area (Å²) in [7, 11) is 0. The van der Waals surface area contributed by atoms with Gasteiger partial charge in [0.05, 0.1) is 0 Å². The molecule has 0 fully saturated rings. The summed E-state index contributed by atoms with van der Waals surface area (Å²) in [5, 5.41) is 3.47. The molecule has 1 atom stereocenters. The molecule has 0 rings (SSSR count). The zero-order valence-corrected chi connectivity index (χ0v) is 8.77. The van der Waals surface area contributed by atoms with Gasteiger partial charge in [0.15, 0.2) is 0 Å². The molecule has 0 spiro atoms. The van der Waals surface area contributed by atoms with Crippen LogP contribution < -0.4 is 5.32 Å². The summed E-state index contributed by atoms with van der Waals surface area (Å²) >= 11 is 0. The molecule has 0 aromatic heterocycles. The van der Waals surface area contributed by atoms with Gasteiger partial charge >= 0.3 is 0 Å². The van der Waals surface area contributed by atoms with Crippen molar-refractivity contribution in [1.82, 2.24) is 5.32 Å². The van der Waals surface area contributed by atoms with Crippen LogP contribution in [0.3, 0.4) is 0 Å². The molecule has 0 aromatic rings. The molecule has 0 aromatic carbocycles. The van der Waals surface area contributed by atoms with E-state index >= 15 is 0 Å². The summed E-state index contributed by atoms with van der Waals surface area (Å²) < 4.78 is 0. The van der Waals surface area contributed by atoms with Gasteiger partial charge in [0, 0.05) is 6.04 Å². The molecule has 1 N–H and O–H groups in total. The highest BCUT2D eigenvalue weighted by molar-refractivity contribution is 4.69. The highest BCUT2D eigenvalue weighted by Crippen LogP contribution is 2.05. The quantitative estimate of drug-likeness (QED) is 0.456. The Balaban J connectivity index is 3.21. The molecule has 0 aliphatic carbocycles. The van der Waals surface area contributed by atoms with E-state index in [0.29, 0.717) is 6.04 Å². The highest BCUT2D eigenvalue weighted by atomic mass is 14.9. The molecule has 0 heterocycles. The van der Waals surface area contributed by atoms with E-state index in [1.807, 2.05) is 6.08 Å². The van der Waals surface area contributed by atoms with E-state index in [9.17, 15) is 0 Å². The van der Waals surface area contributed by atoms with Gasteiger partial charge in [-0.25, -0.2) is 0 Å². The Morgan fingerprint density at radius 2 is 1.92 bits per heavy atom. The van der Waals surface area contributed by atoms with E-state index in [-0.39, 0.29) is 0 Å². The van der Waals surface area contributed by atoms with Crippen LogP contribution in [0.5, 0.6) is 0 Å². The van der Waals surface area contributed by atoms with Gasteiger partial charge in [0.1, 0.15) is 0 Å². The van der Waals surface area contributed by atoms with Crippen LogP contribution in [0.2, 0.25) is 0 Å². The predicted octanol–water partition coefficient (Wildman–Crippen LogP) is 2.98. The summed E-state index contributed by atoms with van der Waals surface area (Å²) in [4.78, 5) is 0. The summed E-state index contributed by atoms with van der Waals surface area (Å²) in [5.41, 5.74) is 0. The van der Waals surface area contributed by atoms with Crippen LogP contribution in [0, 0.1) is 5.92 Å². The van der Waals surface area contributed by atoms with E-state index in [4.69, 9.17) is 0 Å². The Hall–Kier alpha value is -0.300. The standard InChI is InChI=1S/C11H23N/c1-5-6-9-12-11(4)8-7-10(2)3/h5,10-12H,1,6-9H2,2-4H3. The largest absolute Gasteiger partial charge is 0.314 e. The number of hydrogen-bond donors (Lipinski definition) is 1. The Bertz CT molecular complexity index is 108. The second-order valence-electron chi connectivity index (χ2n) is 3.90. The van der Waals surface area contributed by atoms with Gasteiger partial charge < -0.3 is 5.32 Å². The molecule has 0 saturated carbocycles. The monoisotopic (exact) mass is 169 g/mol. The second-order valence-corrected chi connectivity index (χ2v) is 3.90. The minimum absolute atomic E-state index is 0.660. The van der Waals surface area contributed by atoms with E-state index in [1.54, 1.807) is 0 Å². The first kappa shape index (κ1) is 11.7. The van der Waals surface area contributed by atoms with Crippen molar-refractivity contribution in [2.75, 3.05) is 6.54 Å². The first-order valence-electron chi connectivity index (χ1n) is 5.01. The van der Waals surface area contributed by atoms with Crippen molar-refractivity contribution in [3.8, 4) is 0 Å². The van der Waals surface area contributed by atoms with E-state index in [1.165, 1.54) is 12.8 Å². The summed E-state index contributed by atoms with van der Waals surface area (Å²) in [6, 6.07) is 0.660. The van der Waals surface area contributed by atoms with Crippen LogP contribution in [0.4, 0.5) is 0 Å². The van der Waals surface area contributed by atoms with Gasteiger partial charge in [-0.2, -0.15) is 0 Å². The Labute approximate surface area is 77.2 Å². The lowest BCUT2D eigenvalue weighted by Crippen LogP contribution is -2.26. The van der Waals surface area contributed by atoms with Gasteiger partial charge in [-0.15, -0.1) is 6.58 Å². The van der Waals surface area contributed by atoms with Crippen molar-refractivity contribution in [2.24, 2.45) is 5.92 Å². The van der Waals surface area contributed by atoms with Crippen LogP contribution in [-0.4, -0.2) is 12.6 Å². The van der Waals surface area contributed by atoms with Crippen molar-refractivity contribution < 1.29 is 0 Å². The second kappa shape index (κ2) is 7.35. The van der Waals surface area contributed by atoms with Crippen molar-refractivity contribution in [1.29, 1.82) is 0 Å². The molecule has 0 bridgehead atoms. The van der Waals surface area contributed by atoms with E-state index in [2.05, 4.69) is 32.7 Å². The molecule has 0 radical (unpaired) electrons. The molecule has 1 unspecified atom stereocenters. The van der Waals surface area contributed by atoms with Crippen LogP contribution in [0.25, 0.3) is 0 Å². The smallest absolute Gasteiger partial charge is 0.00389 e. The average Bonchev–Trinajstić information content (AvgIpc) is 2.01. The molecule has 0 aliphatic rings. The molecule has 0 amide bonds. The van der Waals surface area contributed by atoms with Gasteiger partial charge in [-0.05, 0) is 38.6 Å². The van der Waals surface area contributed by atoms with E-state index < -0.39 is 0 Å². The fourth-order valence-electron chi connectivity index (χ4n) is 1.12. The SMILES string of the molecule is C=CCCNC(C)CCC(C)C. The molecule has 72 valence electrons. The van der Waals surface area contributed by atoms with Gasteiger partial charge in [0.2, 0.25) is 0 Å². The fourth-order valence-corrected chi connectivity index (χ4v) is 1.12. The molecule has 12 heavy (non-hydrogen) atoms. The summed E-state index contributed by atoms with van der Waals surface area (Å²) in [5.74, 6) is 0.827. The van der Waals surface area contributed by atoms with E-state index in [0.717, 1.165) is 18.9 Å². The van der Waals surface area contributed by atoms with Gasteiger partial charge in [-0.1, -0.05) is 19.9 Å². The maximum Gasteiger partial charge on any atom is 0.00389 e. The van der Waals surface area contributed by atoms with Crippen LogP contribution >= 0.6 is 0 Å². The van der Waals surface area contributed by atoms with Crippen molar-refractivity contribution >= 4 is 0 Å². The lowest BCUT2D eigenvalue weighted by Gasteiger charge is -2.13. The third-order valence-electron chi connectivity index (χ3n) is 2.02. The zero-order chi connectivity index (χ0) is 9.40. The molecule has 0 saturated heterocycles. The summed E-state index contributed by atoms with van der Waals surface area (Å²) in [6.07, 6.45) is 5.64. The van der Waals surface area contributed by atoms with Crippen molar-refractivity contribution in [3.05, 3.63) is 12.7 Å². The van der Waals surface area contributed by atoms with Crippen molar-refractivity contribution in [2.45, 2.75) is 46.1 Å². The molecular weight excluding hydrogens is 146 g/mol. The van der Waals surface area contributed by atoms with Crippen molar-refractivity contribution in [3.63, 3.8) is 0 Å². The Kier molecular flexibility index (Phi) is 7.17.